The van der Waals surface area contributed by atoms with Gasteiger partial charge in [-0.25, -0.2) is 0 Å². The zero-order chi connectivity index (χ0) is 15.4. The molecule has 0 heterocycles. The van der Waals surface area contributed by atoms with Crippen LogP contribution in [-0.4, -0.2) is 25.3 Å². The molecule has 1 saturated carbocycles. The van der Waals surface area contributed by atoms with Crippen LogP contribution in [0.15, 0.2) is 18.2 Å². The maximum absolute atomic E-state index is 11.7. The first-order chi connectivity index (χ1) is 10.1. The van der Waals surface area contributed by atoms with Crippen LogP contribution < -0.4 is 9.47 Å². The van der Waals surface area contributed by atoms with Gasteiger partial charge < -0.3 is 14.6 Å². The summed E-state index contributed by atoms with van der Waals surface area (Å²) in [5, 5.41) is 9.57. The first-order valence-corrected chi connectivity index (χ1v) is 7.56. The van der Waals surface area contributed by atoms with Gasteiger partial charge >= 0.3 is 5.97 Å². The summed E-state index contributed by atoms with van der Waals surface area (Å²) < 4.78 is 10.9. The molecule has 0 bridgehead atoms. The van der Waals surface area contributed by atoms with Crippen LogP contribution in [0, 0.1) is 11.8 Å². The van der Waals surface area contributed by atoms with Crippen molar-refractivity contribution < 1.29 is 19.4 Å². The summed E-state index contributed by atoms with van der Waals surface area (Å²) in [5.41, 5.74) is 0.910. The van der Waals surface area contributed by atoms with Crippen molar-refractivity contribution in [3.05, 3.63) is 23.8 Å². The van der Waals surface area contributed by atoms with E-state index < -0.39 is 5.97 Å². The first kappa shape index (κ1) is 15.7. The average Bonchev–Trinajstić information content (AvgIpc) is 2.53. The number of hydrogen-bond donors (Lipinski definition) is 1. The van der Waals surface area contributed by atoms with Crippen LogP contribution in [0.2, 0.25) is 0 Å². The van der Waals surface area contributed by atoms with Gasteiger partial charge in [0.15, 0.2) is 0 Å². The molecule has 1 N–H and O–H groups in total. The Morgan fingerprint density at radius 1 is 1.24 bits per heavy atom. The second kappa shape index (κ2) is 6.83. The summed E-state index contributed by atoms with van der Waals surface area (Å²) in [4.78, 5) is 11.7. The number of benzene rings is 1. The molecule has 1 fully saturated rings. The lowest BCUT2D eigenvalue weighted by atomic mass is 9.70. The third kappa shape index (κ3) is 3.14. The van der Waals surface area contributed by atoms with E-state index in [2.05, 4.69) is 6.92 Å². The maximum atomic E-state index is 11.7. The molecule has 0 amide bonds. The molecule has 4 heteroatoms. The average molecular weight is 292 g/mol. The van der Waals surface area contributed by atoms with Crippen LogP contribution in [-0.2, 0) is 4.79 Å². The standard InChI is InChI=1S/C17H24O4/c1-4-11-8-9-12(17(18)19)13(10-11)16-14(20-2)6-5-7-15(16)21-3/h5-7,11-13H,4,8-10H2,1-3H3,(H,18,19). The molecule has 3 atom stereocenters. The van der Waals surface area contributed by atoms with Crippen LogP contribution in [0.5, 0.6) is 11.5 Å². The minimum atomic E-state index is -0.720. The number of rotatable bonds is 5. The fourth-order valence-corrected chi connectivity index (χ4v) is 3.49. The molecule has 1 aliphatic rings. The summed E-state index contributed by atoms with van der Waals surface area (Å²) in [5.74, 6) is 0.887. The van der Waals surface area contributed by atoms with Crippen molar-refractivity contribution in [1.29, 1.82) is 0 Å². The first-order valence-electron chi connectivity index (χ1n) is 7.56. The molecule has 4 nitrogen and oxygen atoms in total. The van der Waals surface area contributed by atoms with E-state index in [0.717, 1.165) is 42.7 Å². The lowest BCUT2D eigenvalue weighted by molar-refractivity contribution is -0.143. The minimum Gasteiger partial charge on any atom is -0.496 e. The topological polar surface area (TPSA) is 55.8 Å². The van der Waals surface area contributed by atoms with Crippen molar-refractivity contribution in [1.82, 2.24) is 0 Å². The van der Waals surface area contributed by atoms with Crippen molar-refractivity contribution in [2.75, 3.05) is 14.2 Å². The Morgan fingerprint density at radius 2 is 1.86 bits per heavy atom. The lowest BCUT2D eigenvalue weighted by Gasteiger charge is -2.35. The van der Waals surface area contributed by atoms with Gasteiger partial charge in [-0.1, -0.05) is 19.4 Å². The number of hydrogen-bond acceptors (Lipinski definition) is 3. The van der Waals surface area contributed by atoms with Gasteiger partial charge in [-0.3, -0.25) is 4.79 Å². The van der Waals surface area contributed by atoms with Gasteiger partial charge in [0, 0.05) is 11.5 Å². The number of carbonyl (C=O) groups is 1. The van der Waals surface area contributed by atoms with Gasteiger partial charge in [-0.15, -0.1) is 0 Å². The van der Waals surface area contributed by atoms with E-state index in [1.54, 1.807) is 14.2 Å². The highest BCUT2D eigenvalue weighted by molar-refractivity contribution is 5.72. The molecule has 3 unspecified atom stereocenters. The van der Waals surface area contributed by atoms with E-state index in [4.69, 9.17) is 9.47 Å². The molecule has 1 aromatic carbocycles. The second-order valence-electron chi connectivity index (χ2n) is 5.71. The van der Waals surface area contributed by atoms with Crippen LogP contribution in [0.3, 0.4) is 0 Å². The number of carboxylic acid groups (broad SMARTS) is 1. The molecule has 2 rings (SSSR count). The fourth-order valence-electron chi connectivity index (χ4n) is 3.49. The Bertz CT molecular complexity index is 475. The van der Waals surface area contributed by atoms with Crippen LogP contribution >= 0.6 is 0 Å². The summed E-state index contributed by atoms with van der Waals surface area (Å²) in [6.45, 7) is 2.17. The Balaban J connectivity index is 2.46. The Kier molecular flexibility index (Phi) is 5.10. The van der Waals surface area contributed by atoms with Crippen molar-refractivity contribution in [2.24, 2.45) is 11.8 Å². The molecule has 0 spiro atoms. The van der Waals surface area contributed by atoms with Crippen LogP contribution in [0.1, 0.15) is 44.1 Å². The molecular weight excluding hydrogens is 268 g/mol. The van der Waals surface area contributed by atoms with E-state index >= 15 is 0 Å². The quantitative estimate of drug-likeness (QED) is 0.899. The summed E-state index contributed by atoms with van der Waals surface area (Å²) >= 11 is 0. The number of carboxylic acids is 1. The molecule has 0 aliphatic heterocycles. The zero-order valence-electron chi connectivity index (χ0n) is 13.0. The SMILES string of the molecule is CCC1CCC(C(=O)O)C(c2c(OC)cccc2OC)C1. The van der Waals surface area contributed by atoms with Crippen LogP contribution in [0.4, 0.5) is 0 Å². The molecule has 0 aromatic heterocycles. The molecule has 21 heavy (non-hydrogen) atoms. The van der Waals surface area contributed by atoms with Gasteiger partial charge in [0.1, 0.15) is 11.5 Å². The molecule has 116 valence electrons. The minimum absolute atomic E-state index is 0.0488. The highest BCUT2D eigenvalue weighted by Gasteiger charge is 2.38. The third-order valence-electron chi connectivity index (χ3n) is 4.69. The molecule has 1 aliphatic carbocycles. The van der Waals surface area contributed by atoms with E-state index in [1.807, 2.05) is 18.2 Å². The smallest absolute Gasteiger partial charge is 0.307 e. The fraction of sp³-hybridized carbons (Fsp3) is 0.588. The Hall–Kier alpha value is -1.71. The maximum Gasteiger partial charge on any atom is 0.307 e. The normalized spacial score (nSPS) is 25.4. The predicted molar refractivity (Wildman–Crippen MR) is 81.0 cm³/mol. The second-order valence-corrected chi connectivity index (χ2v) is 5.71. The largest absolute Gasteiger partial charge is 0.496 e. The molecular formula is C17H24O4. The zero-order valence-corrected chi connectivity index (χ0v) is 13.0. The van der Waals surface area contributed by atoms with Crippen molar-refractivity contribution in [2.45, 2.75) is 38.5 Å². The predicted octanol–water partition coefficient (Wildman–Crippen LogP) is 3.70. The number of ether oxygens (including phenoxy) is 2. The Labute approximate surface area is 126 Å². The lowest BCUT2D eigenvalue weighted by Crippen LogP contribution is -2.29. The van der Waals surface area contributed by atoms with E-state index in [1.165, 1.54) is 0 Å². The molecule has 0 saturated heterocycles. The van der Waals surface area contributed by atoms with Crippen molar-refractivity contribution in [3.8, 4) is 11.5 Å². The Morgan fingerprint density at radius 3 is 2.33 bits per heavy atom. The van der Waals surface area contributed by atoms with Crippen molar-refractivity contribution >= 4 is 5.97 Å². The molecule has 0 radical (unpaired) electrons. The van der Waals surface area contributed by atoms with E-state index in [9.17, 15) is 9.90 Å². The van der Waals surface area contributed by atoms with Gasteiger partial charge in [0.2, 0.25) is 0 Å². The summed E-state index contributed by atoms with van der Waals surface area (Å²) in [7, 11) is 3.24. The van der Waals surface area contributed by atoms with Gasteiger partial charge in [-0.2, -0.15) is 0 Å². The van der Waals surface area contributed by atoms with Crippen molar-refractivity contribution in [3.63, 3.8) is 0 Å². The van der Waals surface area contributed by atoms with Gasteiger partial charge in [0.25, 0.3) is 0 Å². The van der Waals surface area contributed by atoms with Gasteiger partial charge in [0.05, 0.1) is 20.1 Å². The van der Waals surface area contributed by atoms with E-state index in [0.29, 0.717) is 5.92 Å². The molecule has 1 aromatic rings. The highest BCUT2D eigenvalue weighted by atomic mass is 16.5. The van der Waals surface area contributed by atoms with Gasteiger partial charge in [-0.05, 0) is 37.3 Å². The summed E-state index contributed by atoms with van der Waals surface area (Å²) in [6.07, 6.45) is 3.67. The highest BCUT2D eigenvalue weighted by Crippen LogP contribution is 2.47. The summed E-state index contributed by atoms with van der Waals surface area (Å²) in [6, 6.07) is 5.63. The van der Waals surface area contributed by atoms with E-state index in [-0.39, 0.29) is 11.8 Å². The number of aliphatic carboxylic acids is 1. The monoisotopic (exact) mass is 292 g/mol. The third-order valence-corrected chi connectivity index (χ3v) is 4.69. The number of methoxy groups -OCH3 is 2. The van der Waals surface area contributed by atoms with Crippen LogP contribution in [0.25, 0.3) is 0 Å².